The third-order valence-electron chi connectivity index (χ3n) is 4.19. The van der Waals surface area contributed by atoms with Crippen LogP contribution in [0, 0.1) is 6.92 Å². The topological polar surface area (TPSA) is 72.5 Å². The van der Waals surface area contributed by atoms with Crippen molar-refractivity contribution < 1.29 is 14.3 Å². The second-order valence-corrected chi connectivity index (χ2v) is 7.19. The Hall–Kier alpha value is -2.12. The first-order chi connectivity index (χ1) is 11.7. The average Bonchev–Trinajstić information content (AvgIpc) is 3.21. The fourth-order valence-corrected chi connectivity index (χ4v) is 3.82. The molecule has 4 rings (SSSR count). The third-order valence-corrected chi connectivity index (χ3v) is 5.12. The number of carbonyl (C=O) groups is 1. The molecule has 0 bridgehead atoms. The zero-order valence-electron chi connectivity index (χ0n) is 13.4. The van der Waals surface area contributed by atoms with Crippen LogP contribution in [0.15, 0.2) is 18.2 Å². The van der Waals surface area contributed by atoms with Gasteiger partial charge in [0.1, 0.15) is 5.75 Å². The van der Waals surface area contributed by atoms with Crippen molar-refractivity contribution >= 4 is 28.1 Å². The van der Waals surface area contributed by atoms with E-state index in [1.807, 2.05) is 18.2 Å². The number of anilines is 2. The molecule has 7 heteroatoms. The Kier molecular flexibility index (Phi) is 4.12. The van der Waals surface area contributed by atoms with E-state index in [2.05, 4.69) is 17.6 Å². The highest BCUT2D eigenvalue weighted by atomic mass is 32.1. The predicted octanol–water partition coefficient (Wildman–Crippen LogP) is 3.04. The molecule has 1 atom stereocenters. The van der Waals surface area contributed by atoms with Gasteiger partial charge in [-0.1, -0.05) is 0 Å². The molecule has 1 fully saturated rings. The Morgan fingerprint density at radius 2 is 2.38 bits per heavy atom. The maximum absolute atomic E-state index is 11.5. The third kappa shape index (κ3) is 3.09. The minimum atomic E-state index is -0.131. The van der Waals surface area contributed by atoms with Gasteiger partial charge in [-0.3, -0.25) is 4.79 Å². The maximum atomic E-state index is 11.5. The molecule has 1 aromatic heterocycles. The summed E-state index contributed by atoms with van der Waals surface area (Å²) in [5.74, 6) is 0.566. The molecular weight excluding hydrogens is 326 g/mol. The van der Waals surface area contributed by atoms with E-state index < -0.39 is 0 Å². The monoisotopic (exact) mass is 345 g/mol. The lowest BCUT2D eigenvalue weighted by Crippen LogP contribution is -2.25. The van der Waals surface area contributed by atoms with E-state index in [-0.39, 0.29) is 18.6 Å². The van der Waals surface area contributed by atoms with E-state index in [4.69, 9.17) is 14.5 Å². The summed E-state index contributed by atoms with van der Waals surface area (Å²) >= 11 is 1.63. The van der Waals surface area contributed by atoms with E-state index in [1.54, 1.807) is 11.3 Å². The van der Waals surface area contributed by atoms with Gasteiger partial charge in [-0.15, -0.1) is 11.3 Å². The number of benzene rings is 1. The number of aryl methyl sites for hydroxylation is 1. The highest BCUT2D eigenvalue weighted by Crippen LogP contribution is 2.36. The van der Waals surface area contributed by atoms with Gasteiger partial charge in [0.2, 0.25) is 0 Å². The normalized spacial score (nSPS) is 19.5. The molecule has 2 aliphatic heterocycles. The van der Waals surface area contributed by atoms with Crippen LogP contribution in [-0.2, 0) is 9.53 Å². The first-order valence-electron chi connectivity index (χ1n) is 8.09. The van der Waals surface area contributed by atoms with E-state index in [9.17, 15) is 4.79 Å². The number of fused-ring (bicyclic) bond motifs is 1. The van der Waals surface area contributed by atoms with E-state index in [0.29, 0.717) is 11.4 Å². The van der Waals surface area contributed by atoms with Gasteiger partial charge < -0.3 is 20.1 Å². The molecule has 24 heavy (non-hydrogen) atoms. The molecule has 0 aliphatic carbocycles. The number of hydrogen-bond donors (Lipinski definition) is 2. The molecule has 2 aliphatic rings. The van der Waals surface area contributed by atoms with E-state index in [1.165, 1.54) is 0 Å². The number of hydrogen-bond acceptors (Lipinski definition) is 6. The summed E-state index contributed by atoms with van der Waals surface area (Å²) < 4.78 is 11.0. The van der Waals surface area contributed by atoms with E-state index >= 15 is 0 Å². The number of nitrogens with one attached hydrogen (secondary N) is 2. The molecular formula is C17H19N3O3S. The summed E-state index contributed by atoms with van der Waals surface area (Å²) in [6.07, 6.45) is 2.53. The fourth-order valence-electron chi connectivity index (χ4n) is 2.98. The van der Waals surface area contributed by atoms with Gasteiger partial charge in [0, 0.05) is 23.6 Å². The Bertz CT molecular complexity index is 768. The minimum Gasteiger partial charge on any atom is -0.482 e. The molecule has 1 saturated heterocycles. The van der Waals surface area contributed by atoms with E-state index in [0.717, 1.165) is 47.3 Å². The van der Waals surface area contributed by atoms with Crippen molar-refractivity contribution in [1.29, 1.82) is 0 Å². The van der Waals surface area contributed by atoms with Crippen LogP contribution in [0.5, 0.6) is 5.75 Å². The van der Waals surface area contributed by atoms with Crippen LogP contribution in [0.4, 0.5) is 10.8 Å². The molecule has 2 aromatic rings. The van der Waals surface area contributed by atoms with Crippen molar-refractivity contribution in [2.75, 3.05) is 30.4 Å². The van der Waals surface area contributed by atoms with Crippen molar-refractivity contribution in [1.82, 2.24) is 4.98 Å². The molecule has 126 valence electrons. The van der Waals surface area contributed by atoms with Crippen LogP contribution in [0.3, 0.4) is 0 Å². The SMILES string of the molecule is Cc1sc(NCC2CCCO2)nc1-c1ccc2c(c1)NC(=O)CO2. The van der Waals surface area contributed by atoms with Crippen LogP contribution in [0.1, 0.15) is 17.7 Å². The predicted molar refractivity (Wildman–Crippen MR) is 93.9 cm³/mol. The van der Waals surface area contributed by atoms with Crippen molar-refractivity contribution in [2.45, 2.75) is 25.9 Å². The Balaban J connectivity index is 1.53. The fraction of sp³-hybridized carbons (Fsp3) is 0.412. The zero-order valence-corrected chi connectivity index (χ0v) is 14.2. The molecule has 0 saturated carbocycles. The zero-order chi connectivity index (χ0) is 16.5. The molecule has 0 radical (unpaired) electrons. The second kappa shape index (κ2) is 6.41. The average molecular weight is 345 g/mol. The van der Waals surface area contributed by atoms with Crippen LogP contribution >= 0.6 is 11.3 Å². The maximum Gasteiger partial charge on any atom is 0.262 e. The lowest BCUT2D eigenvalue weighted by molar-refractivity contribution is -0.118. The molecule has 1 amide bonds. The van der Waals surface area contributed by atoms with Gasteiger partial charge in [0.25, 0.3) is 5.91 Å². The summed E-state index contributed by atoms with van der Waals surface area (Å²) in [7, 11) is 0. The number of carbonyl (C=O) groups excluding carboxylic acids is 1. The minimum absolute atomic E-state index is 0.0688. The van der Waals surface area contributed by atoms with Crippen molar-refractivity contribution in [3.8, 4) is 17.0 Å². The summed E-state index contributed by atoms with van der Waals surface area (Å²) in [6, 6.07) is 5.77. The van der Waals surface area contributed by atoms with Gasteiger partial charge in [-0.05, 0) is 38.0 Å². The smallest absolute Gasteiger partial charge is 0.262 e. The molecule has 2 N–H and O–H groups in total. The van der Waals surface area contributed by atoms with Crippen LogP contribution < -0.4 is 15.4 Å². The summed E-state index contributed by atoms with van der Waals surface area (Å²) in [5.41, 5.74) is 2.60. The largest absolute Gasteiger partial charge is 0.482 e. The number of aromatic nitrogens is 1. The Labute approximate surface area is 144 Å². The molecule has 0 spiro atoms. The van der Waals surface area contributed by atoms with Gasteiger partial charge in [0.05, 0.1) is 17.5 Å². The molecule has 1 unspecified atom stereocenters. The first-order valence-corrected chi connectivity index (χ1v) is 8.90. The molecule has 1 aromatic carbocycles. The van der Waals surface area contributed by atoms with Crippen LogP contribution in [-0.4, -0.2) is 36.8 Å². The van der Waals surface area contributed by atoms with Gasteiger partial charge >= 0.3 is 0 Å². The second-order valence-electron chi connectivity index (χ2n) is 5.99. The lowest BCUT2D eigenvalue weighted by Gasteiger charge is -2.18. The van der Waals surface area contributed by atoms with Gasteiger partial charge in [-0.2, -0.15) is 0 Å². The highest BCUT2D eigenvalue weighted by Gasteiger charge is 2.19. The first kappa shape index (κ1) is 15.4. The van der Waals surface area contributed by atoms with Crippen molar-refractivity contribution in [2.24, 2.45) is 0 Å². The number of amides is 1. The number of ether oxygens (including phenoxy) is 2. The number of nitrogens with zero attached hydrogens (tertiary/aromatic N) is 1. The summed E-state index contributed by atoms with van der Waals surface area (Å²) in [5, 5.41) is 7.11. The van der Waals surface area contributed by atoms with Gasteiger partial charge in [0.15, 0.2) is 11.7 Å². The summed E-state index contributed by atoms with van der Waals surface area (Å²) in [6.45, 7) is 3.77. The lowest BCUT2D eigenvalue weighted by atomic mass is 10.1. The van der Waals surface area contributed by atoms with Crippen molar-refractivity contribution in [3.63, 3.8) is 0 Å². The molecule has 6 nitrogen and oxygen atoms in total. The Morgan fingerprint density at radius 1 is 1.46 bits per heavy atom. The number of thiazole rings is 1. The van der Waals surface area contributed by atoms with Crippen molar-refractivity contribution in [3.05, 3.63) is 23.1 Å². The Morgan fingerprint density at radius 3 is 3.21 bits per heavy atom. The van der Waals surface area contributed by atoms with Gasteiger partial charge in [-0.25, -0.2) is 4.98 Å². The number of rotatable bonds is 4. The molecule has 3 heterocycles. The summed E-state index contributed by atoms with van der Waals surface area (Å²) in [4.78, 5) is 17.3. The van der Waals surface area contributed by atoms with Crippen LogP contribution in [0.25, 0.3) is 11.3 Å². The highest BCUT2D eigenvalue weighted by molar-refractivity contribution is 7.16. The quantitative estimate of drug-likeness (QED) is 0.891. The van der Waals surface area contributed by atoms with Crippen LogP contribution in [0.2, 0.25) is 0 Å². The standard InChI is InChI=1S/C17H19N3O3S/c1-10-16(20-17(24-10)18-8-12-3-2-6-22-12)11-4-5-14-13(7-11)19-15(21)9-23-14/h4-5,7,12H,2-3,6,8-9H2,1H3,(H,18,20)(H,19,21).